The van der Waals surface area contributed by atoms with E-state index in [0.717, 1.165) is 0 Å². The summed E-state index contributed by atoms with van der Waals surface area (Å²) in [6, 6.07) is -0.652. The third kappa shape index (κ3) is 1.42. The summed E-state index contributed by atoms with van der Waals surface area (Å²) in [7, 11) is 0. The van der Waals surface area contributed by atoms with Gasteiger partial charge in [0.05, 0.1) is 6.42 Å². The molecule has 0 aromatic rings. The number of imide groups is 1. The number of urea groups is 1. The predicted molar refractivity (Wildman–Crippen MR) is 32.4 cm³/mol. The van der Waals surface area contributed by atoms with E-state index in [2.05, 4.69) is 5.32 Å². The first-order valence-corrected chi connectivity index (χ1v) is 2.69. The van der Waals surface area contributed by atoms with E-state index in [1.54, 1.807) is 0 Å². The maximum Gasteiger partial charge on any atom is 0.323 e. The number of carbonyl (C=O) groups is 2. The minimum atomic E-state index is -1.39. The van der Waals surface area contributed by atoms with Crippen LogP contribution in [0.2, 0.25) is 0 Å². The summed E-state index contributed by atoms with van der Waals surface area (Å²) >= 11 is 0. The Balaban J connectivity index is 2.68. The van der Waals surface area contributed by atoms with Gasteiger partial charge in [-0.2, -0.15) is 0 Å². The van der Waals surface area contributed by atoms with Crippen molar-refractivity contribution in [3.63, 3.8) is 0 Å². The van der Waals surface area contributed by atoms with Gasteiger partial charge in [-0.3, -0.25) is 21.6 Å². The molecule has 0 saturated carbocycles. The molecule has 0 unspecified atom stereocenters. The van der Waals surface area contributed by atoms with Crippen LogP contribution >= 0.6 is 0 Å². The lowest BCUT2D eigenvalue weighted by molar-refractivity contribution is -0.122. The highest BCUT2D eigenvalue weighted by atomic mass is 16.2. The number of nitrogens with one attached hydrogen (secondary N) is 2. The van der Waals surface area contributed by atoms with Gasteiger partial charge in [-0.15, -0.1) is 0 Å². The summed E-state index contributed by atoms with van der Waals surface area (Å²) in [5.41, 5.74) is 10.5. The minimum Gasteiger partial charge on any atom is -0.307 e. The zero-order valence-corrected chi connectivity index (χ0v) is 5.18. The van der Waals surface area contributed by atoms with E-state index in [4.69, 9.17) is 11.5 Å². The molecule has 0 aromatic carbocycles. The highest BCUT2D eigenvalue weighted by molar-refractivity contribution is 5.97. The van der Waals surface area contributed by atoms with Gasteiger partial charge in [0, 0.05) is 0 Å². The molecular weight excluding hydrogens is 136 g/mol. The predicted octanol–water partition coefficient (Wildman–Crippen LogP) is -2.21. The summed E-state index contributed by atoms with van der Waals surface area (Å²) in [4.78, 5) is 21.0. The number of nitrogens with two attached hydrogens (primary N) is 2. The molecule has 1 fully saturated rings. The Morgan fingerprint density at radius 3 is 2.40 bits per heavy atom. The number of amides is 3. The van der Waals surface area contributed by atoms with Gasteiger partial charge in [0.15, 0.2) is 5.79 Å². The van der Waals surface area contributed by atoms with Crippen molar-refractivity contribution < 1.29 is 9.59 Å². The van der Waals surface area contributed by atoms with E-state index in [9.17, 15) is 9.59 Å². The second-order valence-electron chi connectivity index (χ2n) is 2.22. The second kappa shape index (κ2) is 1.93. The summed E-state index contributed by atoms with van der Waals surface area (Å²) < 4.78 is 0. The van der Waals surface area contributed by atoms with Crippen LogP contribution in [0.15, 0.2) is 0 Å². The van der Waals surface area contributed by atoms with Crippen molar-refractivity contribution in [1.29, 1.82) is 0 Å². The lowest BCUT2D eigenvalue weighted by Gasteiger charge is -2.28. The first-order valence-electron chi connectivity index (χ1n) is 2.69. The van der Waals surface area contributed by atoms with Crippen molar-refractivity contribution in [3.8, 4) is 0 Å². The van der Waals surface area contributed by atoms with Crippen molar-refractivity contribution in [2.24, 2.45) is 11.5 Å². The van der Waals surface area contributed by atoms with E-state index in [1.807, 2.05) is 5.32 Å². The Morgan fingerprint density at radius 2 is 2.00 bits per heavy atom. The van der Waals surface area contributed by atoms with Crippen molar-refractivity contribution >= 4 is 11.9 Å². The van der Waals surface area contributed by atoms with Gasteiger partial charge in [-0.25, -0.2) is 4.79 Å². The molecule has 6 N–H and O–H groups in total. The molecule has 3 amide bonds. The van der Waals surface area contributed by atoms with Crippen molar-refractivity contribution in [2.45, 2.75) is 12.2 Å². The molecule has 56 valence electrons. The standard InChI is InChI=1S/C4H8N4O2/c5-4(6)1-2(9)7-3(10)8-4/h1,5-6H2,(H2,7,8,9,10). The van der Waals surface area contributed by atoms with E-state index in [0.29, 0.717) is 0 Å². The fourth-order valence-electron chi connectivity index (χ4n) is 0.723. The minimum absolute atomic E-state index is 0.0985. The largest absolute Gasteiger partial charge is 0.323 e. The Bertz CT molecular complexity index is 170. The topological polar surface area (TPSA) is 110 Å². The SMILES string of the molecule is NC1(N)CC(=O)NC(=O)N1. The fraction of sp³-hybridized carbons (Fsp3) is 0.500. The maximum atomic E-state index is 10.6. The number of rotatable bonds is 0. The normalized spacial score (nSPS) is 23.4. The van der Waals surface area contributed by atoms with Crippen molar-refractivity contribution in [3.05, 3.63) is 0 Å². The summed E-state index contributed by atoms with van der Waals surface area (Å²) in [6.45, 7) is 0. The van der Waals surface area contributed by atoms with Crippen molar-refractivity contribution in [1.82, 2.24) is 10.6 Å². The first kappa shape index (κ1) is 6.97. The molecule has 6 nitrogen and oxygen atoms in total. The van der Waals surface area contributed by atoms with E-state index in [-0.39, 0.29) is 6.42 Å². The van der Waals surface area contributed by atoms with Crippen LogP contribution in [0.1, 0.15) is 6.42 Å². The zero-order valence-electron chi connectivity index (χ0n) is 5.18. The molecule has 0 aliphatic carbocycles. The van der Waals surface area contributed by atoms with Gasteiger partial charge in [-0.1, -0.05) is 0 Å². The van der Waals surface area contributed by atoms with E-state index < -0.39 is 17.7 Å². The van der Waals surface area contributed by atoms with E-state index in [1.165, 1.54) is 0 Å². The van der Waals surface area contributed by atoms with Gasteiger partial charge >= 0.3 is 6.03 Å². The highest BCUT2D eigenvalue weighted by Crippen LogP contribution is 1.97. The summed E-state index contributed by atoms with van der Waals surface area (Å²) in [5, 5.41) is 4.16. The summed E-state index contributed by atoms with van der Waals surface area (Å²) in [6.07, 6.45) is -0.0985. The fourth-order valence-corrected chi connectivity index (χ4v) is 0.723. The number of carbonyl (C=O) groups excluding carboxylic acids is 2. The summed E-state index contributed by atoms with van der Waals surface area (Å²) in [5.74, 6) is -1.85. The van der Waals surface area contributed by atoms with Crippen LogP contribution < -0.4 is 22.1 Å². The quantitative estimate of drug-likeness (QED) is 0.289. The monoisotopic (exact) mass is 144 g/mol. The molecule has 0 aromatic heterocycles. The average molecular weight is 144 g/mol. The maximum absolute atomic E-state index is 10.6. The second-order valence-corrected chi connectivity index (χ2v) is 2.22. The van der Waals surface area contributed by atoms with Gasteiger partial charge in [0.2, 0.25) is 5.91 Å². The van der Waals surface area contributed by atoms with Crippen LogP contribution in [0.25, 0.3) is 0 Å². The lowest BCUT2D eigenvalue weighted by atomic mass is 10.2. The molecule has 0 bridgehead atoms. The van der Waals surface area contributed by atoms with E-state index >= 15 is 0 Å². The van der Waals surface area contributed by atoms with Gasteiger partial charge in [0.25, 0.3) is 0 Å². The molecule has 0 spiro atoms. The van der Waals surface area contributed by atoms with Gasteiger partial charge in [-0.05, 0) is 0 Å². The molecule has 1 aliphatic heterocycles. The molecule has 6 heteroatoms. The average Bonchev–Trinajstić information content (AvgIpc) is 1.54. The van der Waals surface area contributed by atoms with Gasteiger partial charge < -0.3 is 5.32 Å². The smallest absolute Gasteiger partial charge is 0.307 e. The zero-order chi connectivity index (χ0) is 7.78. The van der Waals surface area contributed by atoms with Crippen LogP contribution in [-0.4, -0.2) is 17.7 Å². The van der Waals surface area contributed by atoms with Crippen LogP contribution in [0, 0.1) is 0 Å². The van der Waals surface area contributed by atoms with Crippen LogP contribution in [0.5, 0.6) is 0 Å². The molecule has 0 radical (unpaired) electrons. The third-order valence-electron chi connectivity index (χ3n) is 1.05. The Hall–Kier alpha value is -1.14. The Kier molecular flexibility index (Phi) is 1.34. The number of hydrogen-bond acceptors (Lipinski definition) is 4. The van der Waals surface area contributed by atoms with Gasteiger partial charge in [0.1, 0.15) is 0 Å². The Labute approximate surface area is 56.9 Å². The third-order valence-corrected chi connectivity index (χ3v) is 1.05. The molecule has 1 heterocycles. The molecular formula is C4H8N4O2. The molecule has 1 aliphatic rings. The molecule has 0 atom stereocenters. The molecule has 1 rings (SSSR count). The van der Waals surface area contributed by atoms with Crippen LogP contribution in [-0.2, 0) is 4.79 Å². The van der Waals surface area contributed by atoms with Crippen LogP contribution in [0.4, 0.5) is 4.79 Å². The Morgan fingerprint density at radius 1 is 1.40 bits per heavy atom. The highest BCUT2D eigenvalue weighted by Gasteiger charge is 2.31. The molecule has 10 heavy (non-hydrogen) atoms. The number of hydrogen-bond donors (Lipinski definition) is 4. The van der Waals surface area contributed by atoms with Crippen LogP contribution in [0.3, 0.4) is 0 Å². The first-order chi connectivity index (χ1) is 4.49. The molecule has 1 saturated heterocycles. The lowest BCUT2D eigenvalue weighted by Crippen LogP contribution is -2.70. The van der Waals surface area contributed by atoms with Crippen molar-refractivity contribution in [2.75, 3.05) is 0 Å².